The Hall–Kier alpha value is -1.34. The van der Waals surface area contributed by atoms with Crippen LogP contribution in [0, 0.1) is 5.92 Å². The van der Waals surface area contributed by atoms with Gasteiger partial charge < -0.3 is 0 Å². The molecule has 2 unspecified atom stereocenters. The number of halogens is 3. The van der Waals surface area contributed by atoms with Gasteiger partial charge in [0.2, 0.25) is 15.0 Å². The number of sulfone groups is 1. The Balaban J connectivity index is 2.54. The molecule has 1 aromatic rings. The second-order valence-corrected chi connectivity index (χ2v) is 6.88. The third-order valence-corrected chi connectivity index (χ3v) is 3.90. The Kier molecular flexibility index (Phi) is 3.93. The van der Waals surface area contributed by atoms with Crippen LogP contribution in [0.15, 0.2) is 35.0 Å². The van der Waals surface area contributed by atoms with E-state index in [1.807, 2.05) is 0 Å². The van der Waals surface area contributed by atoms with Crippen molar-refractivity contribution in [2.45, 2.75) is 18.0 Å². The van der Waals surface area contributed by atoms with Crippen LogP contribution < -0.4 is 0 Å². The molecule has 0 aliphatic heterocycles. The zero-order chi connectivity index (χ0) is 15.1. The molecule has 1 aliphatic rings. The van der Waals surface area contributed by atoms with Crippen LogP contribution in [0.25, 0.3) is 0 Å². The highest BCUT2D eigenvalue weighted by Crippen LogP contribution is 2.38. The molecule has 2 rings (SSSR count). The summed E-state index contributed by atoms with van der Waals surface area (Å²) in [6.07, 6.45) is 2.92. The molecule has 0 amide bonds. The maximum absolute atomic E-state index is 13.9. The van der Waals surface area contributed by atoms with Gasteiger partial charge in [0.1, 0.15) is 16.8 Å². The standard InChI is InChI=1S/C12H11ClF2N2O2S/c1-6-3-7(14)4-8(15)11(6)9-5-10(13)17-12(16-9)20(2,18)19/h3-6,11H,1-2H3. The van der Waals surface area contributed by atoms with Gasteiger partial charge in [-0.2, -0.15) is 0 Å². The van der Waals surface area contributed by atoms with Crippen LogP contribution in [-0.2, 0) is 9.84 Å². The van der Waals surface area contributed by atoms with Gasteiger partial charge in [0.05, 0.1) is 11.6 Å². The SMILES string of the molecule is CC1C=C(F)C=C(F)C1c1cc(Cl)nc(S(C)(=O)=O)n1. The summed E-state index contributed by atoms with van der Waals surface area (Å²) >= 11 is 5.75. The number of hydrogen-bond donors (Lipinski definition) is 0. The molecule has 4 nitrogen and oxygen atoms in total. The average Bonchev–Trinajstić information content (AvgIpc) is 2.25. The fourth-order valence-electron chi connectivity index (χ4n) is 2.02. The van der Waals surface area contributed by atoms with Crippen molar-refractivity contribution >= 4 is 21.4 Å². The molecule has 0 saturated carbocycles. The van der Waals surface area contributed by atoms with Gasteiger partial charge in [-0.25, -0.2) is 27.2 Å². The molecule has 20 heavy (non-hydrogen) atoms. The van der Waals surface area contributed by atoms with Gasteiger partial charge >= 0.3 is 0 Å². The summed E-state index contributed by atoms with van der Waals surface area (Å²) in [6, 6.07) is 1.28. The van der Waals surface area contributed by atoms with E-state index in [1.165, 1.54) is 12.1 Å². The van der Waals surface area contributed by atoms with Crippen LogP contribution in [-0.4, -0.2) is 24.6 Å². The molecular formula is C12H11ClF2N2O2S. The van der Waals surface area contributed by atoms with Gasteiger partial charge in [0, 0.05) is 12.3 Å². The lowest BCUT2D eigenvalue weighted by molar-refractivity contribution is 0.446. The topological polar surface area (TPSA) is 59.9 Å². The van der Waals surface area contributed by atoms with Gasteiger partial charge in [-0.3, -0.25) is 0 Å². The van der Waals surface area contributed by atoms with Crippen molar-refractivity contribution in [1.29, 1.82) is 0 Å². The Morgan fingerprint density at radius 2 is 1.95 bits per heavy atom. The van der Waals surface area contributed by atoms with E-state index in [1.54, 1.807) is 6.92 Å². The van der Waals surface area contributed by atoms with E-state index in [0.717, 1.165) is 12.3 Å². The number of aromatic nitrogens is 2. The first-order valence-corrected chi connectivity index (χ1v) is 7.94. The van der Waals surface area contributed by atoms with Gasteiger partial charge in [0.25, 0.3) is 0 Å². The van der Waals surface area contributed by atoms with Crippen molar-refractivity contribution < 1.29 is 17.2 Å². The average molecular weight is 321 g/mol. The molecule has 1 aromatic heterocycles. The molecule has 0 bridgehead atoms. The van der Waals surface area contributed by atoms with Crippen molar-refractivity contribution in [1.82, 2.24) is 9.97 Å². The lowest BCUT2D eigenvalue weighted by Crippen LogP contribution is -2.16. The highest BCUT2D eigenvalue weighted by molar-refractivity contribution is 7.90. The van der Waals surface area contributed by atoms with Crippen LogP contribution in [0.1, 0.15) is 18.5 Å². The minimum absolute atomic E-state index is 0.106. The van der Waals surface area contributed by atoms with Gasteiger partial charge in [-0.05, 0) is 18.1 Å². The molecule has 0 aromatic carbocycles. The monoisotopic (exact) mass is 320 g/mol. The van der Waals surface area contributed by atoms with Crippen LogP contribution in [0.2, 0.25) is 5.15 Å². The summed E-state index contributed by atoms with van der Waals surface area (Å²) in [7, 11) is -3.67. The first-order chi connectivity index (χ1) is 9.18. The van der Waals surface area contributed by atoms with Crippen molar-refractivity contribution in [3.8, 4) is 0 Å². The molecule has 0 fully saturated rings. The van der Waals surface area contributed by atoms with Crippen molar-refractivity contribution in [2.75, 3.05) is 6.26 Å². The second-order valence-electron chi connectivity index (χ2n) is 4.59. The number of rotatable bonds is 2. The first kappa shape index (κ1) is 15.1. The highest BCUT2D eigenvalue weighted by Gasteiger charge is 2.29. The summed E-state index contributed by atoms with van der Waals surface area (Å²) in [5, 5.41) is -0.583. The van der Waals surface area contributed by atoms with E-state index in [4.69, 9.17) is 11.6 Å². The second kappa shape index (κ2) is 5.21. The summed E-state index contributed by atoms with van der Waals surface area (Å²) in [5.41, 5.74) is 0.107. The largest absolute Gasteiger partial charge is 0.248 e. The zero-order valence-electron chi connectivity index (χ0n) is 10.6. The zero-order valence-corrected chi connectivity index (χ0v) is 12.2. The van der Waals surface area contributed by atoms with Crippen LogP contribution in [0.3, 0.4) is 0 Å². The Morgan fingerprint density at radius 1 is 1.30 bits per heavy atom. The molecule has 108 valence electrons. The highest BCUT2D eigenvalue weighted by atomic mass is 35.5. The number of hydrogen-bond acceptors (Lipinski definition) is 4. The fraction of sp³-hybridized carbons (Fsp3) is 0.333. The molecule has 0 N–H and O–H groups in total. The van der Waals surface area contributed by atoms with Gasteiger partial charge in [-0.15, -0.1) is 0 Å². The van der Waals surface area contributed by atoms with Crippen LogP contribution in [0.4, 0.5) is 8.78 Å². The third-order valence-electron chi connectivity index (χ3n) is 2.87. The quantitative estimate of drug-likeness (QED) is 0.621. The molecule has 1 heterocycles. The lowest BCUT2D eigenvalue weighted by atomic mass is 9.86. The van der Waals surface area contributed by atoms with Crippen molar-refractivity contribution in [3.63, 3.8) is 0 Å². The predicted molar refractivity (Wildman–Crippen MR) is 70.4 cm³/mol. The Labute approximate surface area is 120 Å². The van der Waals surface area contributed by atoms with Crippen LogP contribution >= 0.6 is 11.6 Å². The van der Waals surface area contributed by atoms with Gasteiger partial charge in [0.15, 0.2) is 0 Å². The van der Waals surface area contributed by atoms with E-state index in [0.29, 0.717) is 0 Å². The van der Waals surface area contributed by atoms with Crippen molar-refractivity contribution in [3.05, 3.63) is 40.7 Å². The smallest absolute Gasteiger partial charge is 0.222 e. The molecular weight excluding hydrogens is 310 g/mol. The van der Waals surface area contributed by atoms with Gasteiger partial charge in [-0.1, -0.05) is 18.5 Å². The Morgan fingerprint density at radius 3 is 2.50 bits per heavy atom. The van der Waals surface area contributed by atoms with E-state index in [9.17, 15) is 17.2 Å². The Bertz CT molecular complexity index is 716. The third kappa shape index (κ3) is 3.04. The number of nitrogens with zero attached hydrogens (tertiary/aromatic N) is 2. The van der Waals surface area contributed by atoms with E-state index >= 15 is 0 Å². The fourth-order valence-corrected chi connectivity index (χ4v) is 2.79. The predicted octanol–water partition coefficient (Wildman–Crippen LogP) is 2.97. The molecule has 1 aliphatic carbocycles. The summed E-state index contributed by atoms with van der Waals surface area (Å²) < 4.78 is 50.0. The normalized spacial score (nSPS) is 23.2. The van der Waals surface area contributed by atoms with E-state index in [-0.39, 0.29) is 10.8 Å². The maximum atomic E-state index is 13.9. The molecule has 0 saturated heterocycles. The summed E-state index contributed by atoms with van der Waals surface area (Å²) in [5.74, 6) is -2.80. The summed E-state index contributed by atoms with van der Waals surface area (Å²) in [4.78, 5) is 7.44. The minimum Gasteiger partial charge on any atom is -0.222 e. The minimum atomic E-state index is -3.67. The van der Waals surface area contributed by atoms with Crippen molar-refractivity contribution in [2.24, 2.45) is 5.92 Å². The van der Waals surface area contributed by atoms with Crippen LogP contribution in [0.5, 0.6) is 0 Å². The van der Waals surface area contributed by atoms with E-state index < -0.39 is 38.5 Å². The molecule has 8 heteroatoms. The maximum Gasteiger partial charge on any atom is 0.248 e. The molecule has 2 atom stereocenters. The first-order valence-electron chi connectivity index (χ1n) is 5.67. The number of allylic oxidation sites excluding steroid dienone is 4. The molecule has 0 spiro atoms. The van der Waals surface area contributed by atoms with E-state index in [2.05, 4.69) is 9.97 Å². The lowest BCUT2D eigenvalue weighted by Gasteiger charge is -2.22. The summed E-state index contributed by atoms with van der Waals surface area (Å²) in [6.45, 7) is 1.60. The molecule has 0 radical (unpaired) electrons.